The number of halogens is 4. The Morgan fingerprint density at radius 3 is 2.42 bits per heavy atom. The van der Waals surface area contributed by atoms with Crippen LogP contribution in [-0.4, -0.2) is 76.3 Å². The minimum Gasteiger partial charge on any atom is -0.480 e. The Hall–Kier alpha value is -4.95. The lowest BCUT2D eigenvalue weighted by Gasteiger charge is -2.36. The third-order valence-corrected chi connectivity index (χ3v) is 10.6. The number of amides is 3. The summed E-state index contributed by atoms with van der Waals surface area (Å²) in [4.78, 5) is 45.4. The number of anilines is 1. The van der Waals surface area contributed by atoms with Crippen LogP contribution in [0.25, 0.3) is 11.1 Å². The van der Waals surface area contributed by atoms with Gasteiger partial charge in [-0.2, -0.15) is 18.3 Å². The summed E-state index contributed by atoms with van der Waals surface area (Å²) in [6.45, 7) is 6.21. The van der Waals surface area contributed by atoms with Crippen molar-refractivity contribution >= 4 is 35.0 Å². The molecule has 278 valence electrons. The fourth-order valence-corrected chi connectivity index (χ4v) is 7.13. The number of imide groups is 1. The van der Waals surface area contributed by atoms with Crippen molar-refractivity contribution < 1.29 is 32.3 Å². The predicted molar refractivity (Wildman–Crippen MR) is 191 cm³/mol. The van der Waals surface area contributed by atoms with Crippen LogP contribution >= 0.6 is 11.6 Å². The van der Waals surface area contributed by atoms with Gasteiger partial charge in [0.25, 0.3) is 5.91 Å². The van der Waals surface area contributed by atoms with E-state index >= 15 is 0 Å². The van der Waals surface area contributed by atoms with E-state index in [2.05, 4.69) is 59.9 Å². The molecule has 4 heterocycles. The van der Waals surface area contributed by atoms with E-state index in [4.69, 9.17) is 16.3 Å². The second kappa shape index (κ2) is 14.5. The minimum absolute atomic E-state index is 0.105. The van der Waals surface area contributed by atoms with Gasteiger partial charge in [0.2, 0.25) is 11.8 Å². The number of carbonyl (C=O) groups excluding carboxylic acids is 3. The SMILES string of the molecule is CC(C)(c1n[nH]c(CNC(=O)[C@@H]2Cc3cc(Cl)c(-c4ccc(CN5CCN(c6ccc(C7CCC(=O)NC7=O)cc6)CC5)cc4)cc3O2)n1)C(F)(F)F. The molecule has 0 spiro atoms. The van der Waals surface area contributed by atoms with Gasteiger partial charge in [0, 0.05) is 61.8 Å². The first-order valence-corrected chi connectivity index (χ1v) is 17.9. The van der Waals surface area contributed by atoms with Crippen molar-refractivity contribution in [2.45, 2.75) is 69.8 Å². The van der Waals surface area contributed by atoms with Gasteiger partial charge in [0.15, 0.2) is 11.9 Å². The molecule has 1 aromatic heterocycles. The zero-order chi connectivity index (χ0) is 37.5. The Kier molecular flexibility index (Phi) is 9.94. The first kappa shape index (κ1) is 36.4. The lowest BCUT2D eigenvalue weighted by Crippen LogP contribution is -2.46. The van der Waals surface area contributed by atoms with Crippen LogP contribution in [0.1, 0.15) is 60.9 Å². The van der Waals surface area contributed by atoms with Crippen molar-refractivity contribution in [3.8, 4) is 16.9 Å². The summed E-state index contributed by atoms with van der Waals surface area (Å²) in [7, 11) is 0. The highest BCUT2D eigenvalue weighted by Crippen LogP contribution is 2.40. The van der Waals surface area contributed by atoms with E-state index in [1.54, 1.807) is 6.07 Å². The van der Waals surface area contributed by atoms with Gasteiger partial charge in [0.1, 0.15) is 17.0 Å². The lowest BCUT2D eigenvalue weighted by atomic mass is 9.90. The van der Waals surface area contributed by atoms with Crippen molar-refractivity contribution in [1.82, 2.24) is 30.7 Å². The van der Waals surface area contributed by atoms with Gasteiger partial charge in [-0.15, -0.1) is 0 Å². The van der Waals surface area contributed by atoms with E-state index < -0.39 is 29.4 Å². The smallest absolute Gasteiger partial charge is 0.401 e. The summed E-state index contributed by atoms with van der Waals surface area (Å²) in [5.74, 6) is -0.902. The predicted octanol–water partition coefficient (Wildman–Crippen LogP) is 5.43. The summed E-state index contributed by atoms with van der Waals surface area (Å²) in [6, 6.07) is 19.9. The van der Waals surface area contributed by atoms with Gasteiger partial charge in [0.05, 0.1) is 12.5 Å². The number of H-pyrrole nitrogens is 1. The van der Waals surface area contributed by atoms with E-state index in [1.165, 1.54) is 5.56 Å². The largest absolute Gasteiger partial charge is 0.480 e. The Bertz CT molecular complexity index is 2010. The first-order valence-electron chi connectivity index (χ1n) is 17.5. The fraction of sp³-hybridized carbons (Fsp3) is 0.395. The second-order valence-corrected chi connectivity index (χ2v) is 14.7. The number of nitrogens with one attached hydrogen (secondary N) is 3. The number of fused-ring (bicyclic) bond motifs is 1. The molecule has 0 aliphatic carbocycles. The van der Waals surface area contributed by atoms with Crippen LogP contribution in [0, 0.1) is 0 Å². The van der Waals surface area contributed by atoms with E-state index in [-0.39, 0.29) is 30.1 Å². The molecule has 3 amide bonds. The Labute approximate surface area is 309 Å². The minimum atomic E-state index is -4.53. The Morgan fingerprint density at radius 2 is 1.74 bits per heavy atom. The van der Waals surface area contributed by atoms with Crippen LogP contribution in [0.2, 0.25) is 5.02 Å². The van der Waals surface area contributed by atoms with E-state index in [9.17, 15) is 27.6 Å². The summed E-state index contributed by atoms with van der Waals surface area (Å²) < 4.78 is 46.1. The molecule has 3 aromatic carbocycles. The third-order valence-electron chi connectivity index (χ3n) is 10.3. The van der Waals surface area contributed by atoms with Gasteiger partial charge < -0.3 is 15.0 Å². The number of piperidine rings is 1. The van der Waals surface area contributed by atoms with Crippen LogP contribution < -0.4 is 20.3 Å². The summed E-state index contributed by atoms with van der Waals surface area (Å²) in [6.07, 6.45) is -4.16. The molecule has 0 bridgehead atoms. The molecule has 7 rings (SSSR count). The highest BCUT2D eigenvalue weighted by molar-refractivity contribution is 6.33. The molecule has 0 saturated carbocycles. The number of hydrogen-bond donors (Lipinski definition) is 3. The fourth-order valence-electron chi connectivity index (χ4n) is 6.83. The molecule has 53 heavy (non-hydrogen) atoms. The number of aromatic nitrogens is 3. The first-order chi connectivity index (χ1) is 25.2. The molecule has 2 atom stereocenters. The van der Waals surface area contributed by atoms with Crippen LogP contribution in [-0.2, 0) is 39.3 Å². The molecule has 4 aromatic rings. The maximum Gasteiger partial charge on any atom is 0.401 e. The summed E-state index contributed by atoms with van der Waals surface area (Å²) in [5.41, 5.74) is 3.44. The Morgan fingerprint density at radius 1 is 1.02 bits per heavy atom. The molecule has 2 fully saturated rings. The van der Waals surface area contributed by atoms with E-state index in [0.717, 1.165) is 74.5 Å². The molecular formula is C38H39ClF3N7O4. The maximum absolute atomic E-state index is 13.4. The van der Waals surface area contributed by atoms with Gasteiger partial charge in [-0.3, -0.25) is 29.7 Å². The number of piperazine rings is 1. The highest BCUT2D eigenvalue weighted by Gasteiger charge is 2.51. The average Bonchev–Trinajstić information content (AvgIpc) is 3.79. The number of carbonyl (C=O) groups is 3. The highest BCUT2D eigenvalue weighted by atomic mass is 35.5. The number of alkyl halides is 3. The number of ether oxygens (including phenoxy) is 1. The van der Waals surface area contributed by atoms with Crippen molar-refractivity contribution in [1.29, 1.82) is 0 Å². The van der Waals surface area contributed by atoms with Crippen LogP contribution in [0.15, 0.2) is 60.7 Å². The zero-order valence-corrected chi connectivity index (χ0v) is 30.0. The van der Waals surface area contributed by atoms with Crippen molar-refractivity contribution in [3.63, 3.8) is 0 Å². The average molecular weight is 750 g/mol. The monoisotopic (exact) mass is 749 g/mol. The third kappa shape index (κ3) is 7.74. The van der Waals surface area contributed by atoms with E-state index in [0.29, 0.717) is 30.0 Å². The van der Waals surface area contributed by atoms with Gasteiger partial charge >= 0.3 is 6.18 Å². The Balaban J connectivity index is 0.900. The number of benzene rings is 3. The number of hydrogen-bond acceptors (Lipinski definition) is 8. The number of rotatable bonds is 9. The molecular weight excluding hydrogens is 711 g/mol. The van der Waals surface area contributed by atoms with Gasteiger partial charge in [-0.25, -0.2) is 4.98 Å². The molecule has 3 aliphatic heterocycles. The molecule has 1 unspecified atom stereocenters. The van der Waals surface area contributed by atoms with Crippen molar-refractivity contribution in [2.24, 2.45) is 0 Å². The van der Waals surface area contributed by atoms with Crippen LogP contribution in [0.3, 0.4) is 0 Å². The number of nitrogens with zero attached hydrogens (tertiary/aromatic N) is 4. The lowest BCUT2D eigenvalue weighted by molar-refractivity contribution is -0.182. The molecule has 2 saturated heterocycles. The topological polar surface area (TPSA) is 133 Å². The molecule has 0 radical (unpaired) electrons. The molecule has 15 heteroatoms. The van der Waals surface area contributed by atoms with E-state index in [1.807, 2.05) is 30.3 Å². The molecule has 11 nitrogen and oxygen atoms in total. The summed E-state index contributed by atoms with van der Waals surface area (Å²) in [5, 5.41) is 11.8. The van der Waals surface area contributed by atoms with Crippen molar-refractivity contribution in [2.75, 3.05) is 31.1 Å². The molecule has 3 aliphatic rings. The van der Waals surface area contributed by atoms with Crippen LogP contribution in [0.4, 0.5) is 18.9 Å². The van der Waals surface area contributed by atoms with Crippen molar-refractivity contribution in [3.05, 3.63) is 94.0 Å². The molecule has 3 N–H and O–H groups in total. The van der Waals surface area contributed by atoms with Gasteiger partial charge in [-0.05, 0) is 66.8 Å². The maximum atomic E-state index is 13.4. The zero-order valence-electron chi connectivity index (χ0n) is 29.2. The quantitative estimate of drug-likeness (QED) is 0.193. The summed E-state index contributed by atoms with van der Waals surface area (Å²) >= 11 is 6.70. The normalized spacial score (nSPS) is 19.5. The van der Waals surface area contributed by atoms with Crippen LogP contribution in [0.5, 0.6) is 5.75 Å². The standard InChI is InChI=1S/C38H39ClF3N7O4/c1-37(2,38(40,41)42)36-44-32(46-47-36)20-43-35(52)31-18-25-17-29(39)28(19-30(25)53-31)24-5-3-22(4-6-24)21-48-13-15-49(16-14-48)26-9-7-23(8-10-26)27-11-12-33(50)45-34(27)51/h3-10,17,19,27,31H,11-16,18,20-21H2,1-2H3,(H,43,52)(H,44,46,47)(H,45,50,51)/t27?,31-/m0/s1. The van der Waals surface area contributed by atoms with Gasteiger partial charge in [-0.1, -0.05) is 48.0 Å². The number of aromatic amines is 1. The second-order valence-electron chi connectivity index (χ2n) is 14.3.